The maximum atomic E-state index is 11.1. The number of hydrogen-bond acceptors (Lipinski definition) is 3. The molecule has 0 aromatic carbocycles. The van der Waals surface area contributed by atoms with Gasteiger partial charge in [-0.2, -0.15) is 0 Å². The van der Waals surface area contributed by atoms with Crippen LogP contribution in [0.1, 0.15) is 58.8 Å². The Morgan fingerprint density at radius 3 is 2.58 bits per heavy atom. The number of unbranched alkanes of at least 4 members (excludes halogenated alkanes) is 4. The van der Waals surface area contributed by atoms with Crippen LogP contribution in [-0.2, 0) is 9.53 Å². The monoisotopic (exact) mass is 271 g/mol. The molecule has 112 valence electrons. The Labute approximate surface area is 117 Å². The van der Waals surface area contributed by atoms with E-state index in [9.17, 15) is 4.79 Å². The van der Waals surface area contributed by atoms with Crippen molar-refractivity contribution in [2.75, 3.05) is 19.7 Å². The minimum atomic E-state index is -0.0927. The summed E-state index contributed by atoms with van der Waals surface area (Å²) in [7, 11) is 0. The Balaban J connectivity index is 3.34. The van der Waals surface area contributed by atoms with Crippen molar-refractivity contribution in [2.45, 2.75) is 58.8 Å². The van der Waals surface area contributed by atoms with Crippen molar-refractivity contribution < 1.29 is 9.53 Å². The molecule has 3 N–H and O–H groups in total. The van der Waals surface area contributed by atoms with Gasteiger partial charge in [0.1, 0.15) is 0 Å². The third-order valence-corrected chi connectivity index (χ3v) is 2.71. The highest BCUT2D eigenvalue weighted by Gasteiger charge is 2.00. The summed E-state index contributed by atoms with van der Waals surface area (Å²) in [4.78, 5) is 15.3. The van der Waals surface area contributed by atoms with Crippen LogP contribution in [-0.4, -0.2) is 31.6 Å². The number of esters is 1. The van der Waals surface area contributed by atoms with E-state index in [1.54, 1.807) is 0 Å². The number of nitrogens with zero attached hydrogens (tertiary/aromatic N) is 1. The maximum Gasteiger partial charge on any atom is 0.305 e. The van der Waals surface area contributed by atoms with Gasteiger partial charge in [-0.1, -0.05) is 26.2 Å². The Hall–Kier alpha value is -1.26. The summed E-state index contributed by atoms with van der Waals surface area (Å²) in [5.41, 5.74) is 5.71. The normalized spacial score (nSPS) is 11.4. The largest absolute Gasteiger partial charge is 0.466 e. The van der Waals surface area contributed by atoms with Gasteiger partial charge in [0.05, 0.1) is 6.61 Å². The first-order chi connectivity index (χ1) is 9.20. The van der Waals surface area contributed by atoms with Crippen molar-refractivity contribution in [1.29, 1.82) is 0 Å². The summed E-state index contributed by atoms with van der Waals surface area (Å²) < 4.78 is 4.86. The molecule has 0 unspecified atom stereocenters. The lowest BCUT2D eigenvalue weighted by Crippen LogP contribution is -2.32. The maximum absolute atomic E-state index is 11.1. The van der Waals surface area contributed by atoms with E-state index in [0.717, 1.165) is 51.6 Å². The van der Waals surface area contributed by atoms with Crippen molar-refractivity contribution >= 4 is 11.9 Å². The molecule has 19 heavy (non-hydrogen) atoms. The Kier molecular flexibility index (Phi) is 12.3. The van der Waals surface area contributed by atoms with Gasteiger partial charge in [0, 0.05) is 19.5 Å². The number of nitrogens with one attached hydrogen (secondary N) is 1. The van der Waals surface area contributed by atoms with Crippen molar-refractivity contribution in [2.24, 2.45) is 10.7 Å². The Bertz CT molecular complexity index is 255. The molecular weight excluding hydrogens is 242 g/mol. The average molecular weight is 271 g/mol. The molecule has 0 rings (SSSR count). The molecular formula is C14H29N3O2. The summed E-state index contributed by atoms with van der Waals surface area (Å²) in [5.74, 6) is 0.449. The third kappa shape index (κ3) is 13.0. The number of aliphatic imine (C=N–C) groups is 1. The van der Waals surface area contributed by atoms with Crippen molar-refractivity contribution in [3.8, 4) is 0 Å². The molecule has 5 heteroatoms. The molecule has 0 saturated heterocycles. The highest BCUT2D eigenvalue weighted by atomic mass is 16.5. The summed E-state index contributed by atoms with van der Waals surface area (Å²) in [5, 5.41) is 3.08. The minimum Gasteiger partial charge on any atom is -0.466 e. The quantitative estimate of drug-likeness (QED) is 0.261. The zero-order chi connectivity index (χ0) is 14.3. The Morgan fingerprint density at radius 2 is 1.89 bits per heavy atom. The first kappa shape index (κ1) is 17.7. The van der Waals surface area contributed by atoms with Gasteiger partial charge in [-0.25, -0.2) is 0 Å². The van der Waals surface area contributed by atoms with E-state index in [2.05, 4.69) is 17.2 Å². The molecule has 0 aliphatic rings. The molecule has 0 radical (unpaired) electrons. The van der Waals surface area contributed by atoms with Crippen LogP contribution in [0.4, 0.5) is 0 Å². The number of rotatable bonds is 11. The van der Waals surface area contributed by atoms with Crippen LogP contribution in [0, 0.1) is 0 Å². The fourth-order valence-electron chi connectivity index (χ4n) is 1.62. The molecule has 0 fully saturated rings. The van der Waals surface area contributed by atoms with Gasteiger partial charge in [-0.3, -0.25) is 9.79 Å². The number of hydrogen-bond donors (Lipinski definition) is 2. The van der Waals surface area contributed by atoms with E-state index < -0.39 is 0 Å². The van der Waals surface area contributed by atoms with Crippen LogP contribution in [0.15, 0.2) is 4.99 Å². The summed E-state index contributed by atoms with van der Waals surface area (Å²) in [6.07, 6.45) is 6.82. The van der Waals surface area contributed by atoms with Crippen LogP contribution >= 0.6 is 0 Å². The highest BCUT2D eigenvalue weighted by Crippen LogP contribution is 2.04. The number of carbonyl (C=O) groups is 1. The predicted octanol–water partition coefficient (Wildman–Crippen LogP) is 2.20. The summed E-state index contributed by atoms with van der Waals surface area (Å²) in [6, 6.07) is 0. The standard InChI is InChI=1S/C14H29N3O2/c1-3-5-11-16-14(15)17-12-9-7-6-8-10-13(18)19-4-2/h3-12H2,1-2H3,(H3,15,16,17). The number of nitrogens with two attached hydrogens (primary N) is 1. The number of carbonyl (C=O) groups excluding carboxylic acids is 1. The van der Waals surface area contributed by atoms with Crippen molar-refractivity contribution in [1.82, 2.24) is 5.32 Å². The second kappa shape index (κ2) is 13.2. The fraction of sp³-hybridized carbons (Fsp3) is 0.857. The van der Waals surface area contributed by atoms with E-state index in [4.69, 9.17) is 10.5 Å². The average Bonchev–Trinajstić information content (AvgIpc) is 2.38. The van der Waals surface area contributed by atoms with E-state index >= 15 is 0 Å². The molecule has 0 bridgehead atoms. The zero-order valence-electron chi connectivity index (χ0n) is 12.4. The number of guanidine groups is 1. The second-order valence-electron chi connectivity index (χ2n) is 4.52. The van der Waals surface area contributed by atoms with Gasteiger partial charge in [0.15, 0.2) is 5.96 Å². The van der Waals surface area contributed by atoms with E-state index in [1.165, 1.54) is 0 Å². The number of ether oxygens (including phenoxy) is 1. The van der Waals surface area contributed by atoms with Crippen LogP contribution in [0.2, 0.25) is 0 Å². The van der Waals surface area contributed by atoms with Gasteiger partial charge in [0.2, 0.25) is 0 Å². The van der Waals surface area contributed by atoms with Gasteiger partial charge in [-0.05, 0) is 26.2 Å². The molecule has 0 atom stereocenters. The zero-order valence-corrected chi connectivity index (χ0v) is 12.4. The van der Waals surface area contributed by atoms with E-state index in [1.807, 2.05) is 6.92 Å². The van der Waals surface area contributed by atoms with Crippen LogP contribution in [0.5, 0.6) is 0 Å². The van der Waals surface area contributed by atoms with Crippen LogP contribution in [0.25, 0.3) is 0 Å². The topological polar surface area (TPSA) is 76.7 Å². The van der Waals surface area contributed by atoms with Crippen LogP contribution in [0.3, 0.4) is 0 Å². The minimum absolute atomic E-state index is 0.0927. The summed E-state index contributed by atoms with van der Waals surface area (Å²) >= 11 is 0. The molecule has 0 aliphatic heterocycles. The fourth-order valence-corrected chi connectivity index (χ4v) is 1.62. The van der Waals surface area contributed by atoms with Crippen molar-refractivity contribution in [3.63, 3.8) is 0 Å². The lowest BCUT2D eigenvalue weighted by molar-refractivity contribution is -0.143. The van der Waals surface area contributed by atoms with E-state index in [0.29, 0.717) is 19.0 Å². The first-order valence-electron chi connectivity index (χ1n) is 7.40. The predicted molar refractivity (Wildman–Crippen MR) is 79.1 cm³/mol. The molecule has 0 aromatic heterocycles. The molecule has 5 nitrogen and oxygen atoms in total. The summed E-state index contributed by atoms with van der Waals surface area (Å²) in [6.45, 7) is 6.09. The molecule has 0 saturated carbocycles. The first-order valence-corrected chi connectivity index (χ1v) is 7.40. The van der Waals surface area contributed by atoms with Gasteiger partial charge >= 0.3 is 5.97 Å². The molecule has 0 heterocycles. The van der Waals surface area contributed by atoms with E-state index in [-0.39, 0.29) is 5.97 Å². The lowest BCUT2D eigenvalue weighted by atomic mass is 10.1. The van der Waals surface area contributed by atoms with Gasteiger partial charge in [-0.15, -0.1) is 0 Å². The Morgan fingerprint density at radius 1 is 1.16 bits per heavy atom. The van der Waals surface area contributed by atoms with Gasteiger partial charge in [0.25, 0.3) is 0 Å². The smallest absolute Gasteiger partial charge is 0.305 e. The van der Waals surface area contributed by atoms with Gasteiger partial charge < -0.3 is 15.8 Å². The third-order valence-electron chi connectivity index (χ3n) is 2.71. The highest BCUT2D eigenvalue weighted by molar-refractivity contribution is 5.77. The SMILES string of the molecule is CCCCNC(N)=NCCCCCCC(=O)OCC. The molecule has 0 spiro atoms. The second-order valence-corrected chi connectivity index (χ2v) is 4.52. The van der Waals surface area contributed by atoms with Crippen molar-refractivity contribution in [3.05, 3.63) is 0 Å². The lowest BCUT2D eigenvalue weighted by Gasteiger charge is -2.04. The molecule has 0 aliphatic carbocycles. The van der Waals surface area contributed by atoms with Crippen LogP contribution < -0.4 is 11.1 Å². The molecule has 0 aromatic rings. The molecule has 0 amide bonds.